The molecular weight excluding hydrogens is 408 g/mol. The molecule has 0 fully saturated rings. The summed E-state index contributed by atoms with van der Waals surface area (Å²) in [5, 5.41) is 3.98. The quantitative estimate of drug-likeness (QED) is 0.247. The molecule has 0 saturated carbocycles. The summed E-state index contributed by atoms with van der Waals surface area (Å²) >= 11 is 0. The second-order valence-corrected chi connectivity index (χ2v) is 6.83. The molecule has 0 unspecified atom stereocenters. The van der Waals surface area contributed by atoms with Crippen LogP contribution < -0.4 is 19.6 Å². The van der Waals surface area contributed by atoms with E-state index in [9.17, 15) is 9.59 Å². The number of benzene rings is 3. The number of aryl methyl sites for hydroxylation is 1. The second-order valence-electron chi connectivity index (χ2n) is 6.83. The zero-order valence-electron chi connectivity index (χ0n) is 18.1. The molecule has 0 spiro atoms. The third kappa shape index (κ3) is 5.95. The van der Waals surface area contributed by atoms with Gasteiger partial charge in [-0.25, -0.2) is 10.2 Å². The highest BCUT2D eigenvalue weighted by atomic mass is 16.6. The van der Waals surface area contributed by atoms with Crippen molar-refractivity contribution in [2.75, 3.05) is 13.7 Å². The number of ether oxygens (including phenoxy) is 3. The van der Waals surface area contributed by atoms with Crippen LogP contribution >= 0.6 is 0 Å². The number of hydrogen-bond donors (Lipinski definition) is 1. The van der Waals surface area contributed by atoms with E-state index in [2.05, 4.69) is 10.5 Å². The van der Waals surface area contributed by atoms with Gasteiger partial charge in [-0.1, -0.05) is 17.7 Å². The first-order valence-electron chi connectivity index (χ1n) is 10.0. The maximum Gasteiger partial charge on any atom is 0.343 e. The van der Waals surface area contributed by atoms with Crippen LogP contribution in [0.2, 0.25) is 0 Å². The van der Waals surface area contributed by atoms with Crippen LogP contribution in [-0.2, 0) is 0 Å². The van der Waals surface area contributed by atoms with E-state index >= 15 is 0 Å². The van der Waals surface area contributed by atoms with Gasteiger partial charge in [0, 0.05) is 5.56 Å². The first kappa shape index (κ1) is 22.6. The van der Waals surface area contributed by atoms with Crippen molar-refractivity contribution in [1.82, 2.24) is 5.43 Å². The lowest BCUT2D eigenvalue weighted by atomic mass is 10.1. The number of nitrogens with zero attached hydrogens (tertiary/aromatic N) is 1. The Morgan fingerprint density at radius 1 is 0.969 bits per heavy atom. The summed E-state index contributed by atoms with van der Waals surface area (Å²) in [5.41, 5.74) is 5.05. The van der Waals surface area contributed by atoms with Crippen molar-refractivity contribution >= 4 is 18.1 Å². The summed E-state index contributed by atoms with van der Waals surface area (Å²) in [6, 6.07) is 18.9. The second kappa shape index (κ2) is 10.8. The molecule has 0 aromatic heterocycles. The molecule has 0 atom stereocenters. The predicted molar refractivity (Wildman–Crippen MR) is 122 cm³/mol. The Hall–Kier alpha value is -4.13. The van der Waals surface area contributed by atoms with Crippen LogP contribution in [0.25, 0.3) is 0 Å². The fraction of sp³-hybridized carbons (Fsp3) is 0.160. The molecule has 0 bridgehead atoms. The molecule has 1 amide bonds. The van der Waals surface area contributed by atoms with E-state index in [1.807, 2.05) is 26.0 Å². The lowest BCUT2D eigenvalue weighted by Gasteiger charge is -2.10. The Morgan fingerprint density at radius 3 is 2.44 bits per heavy atom. The number of hydrogen-bond acceptors (Lipinski definition) is 6. The number of esters is 1. The Kier molecular flexibility index (Phi) is 7.59. The van der Waals surface area contributed by atoms with Crippen molar-refractivity contribution < 1.29 is 23.8 Å². The molecule has 0 heterocycles. The summed E-state index contributed by atoms with van der Waals surface area (Å²) in [7, 11) is 1.48. The van der Waals surface area contributed by atoms with E-state index in [1.165, 1.54) is 13.3 Å². The minimum atomic E-state index is -0.516. The van der Waals surface area contributed by atoms with Gasteiger partial charge in [0.1, 0.15) is 5.75 Å². The van der Waals surface area contributed by atoms with Crippen LogP contribution in [0.5, 0.6) is 17.2 Å². The highest BCUT2D eigenvalue weighted by Gasteiger charge is 2.13. The number of amides is 1. The minimum Gasteiger partial charge on any atom is -0.494 e. The van der Waals surface area contributed by atoms with Gasteiger partial charge >= 0.3 is 5.97 Å². The summed E-state index contributed by atoms with van der Waals surface area (Å²) in [5.74, 6) is 0.487. The Balaban J connectivity index is 1.65. The van der Waals surface area contributed by atoms with Gasteiger partial charge < -0.3 is 14.2 Å². The molecule has 7 heteroatoms. The first-order valence-corrected chi connectivity index (χ1v) is 10.0. The average Bonchev–Trinajstić information content (AvgIpc) is 2.80. The van der Waals surface area contributed by atoms with E-state index in [0.717, 1.165) is 5.56 Å². The molecule has 3 aromatic rings. The van der Waals surface area contributed by atoms with Crippen LogP contribution in [0.15, 0.2) is 71.8 Å². The molecule has 32 heavy (non-hydrogen) atoms. The predicted octanol–water partition coefficient (Wildman–Crippen LogP) is 4.39. The number of hydrazone groups is 1. The van der Waals surface area contributed by atoms with Gasteiger partial charge in [-0.15, -0.1) is 0 Å². The standard InChI is InChI=1S/C25H24N2O5/c1-4-31-21-11-9-19(10-12-21)25(29)32-22-13-8-18(15-23(22)30-3)16-26-27-24(28)20-7-5-6-17(2)14-20/h5-16H,4H2,1-3H3,(H,27,28)/b26-16-. The molecule has 0 aliphatic heterocycles. The molecule has 1 N–H and O–H groups in total. The molecular formula is C25H24N2O5. The SMILES string of the molecule is CCOc1ccc(C(=O)Oc2ccc(/C=N\NC(=O)c3cccc(C)c3)cc2OC)cc1. The molecule has 3 rings (SSSR count). The number of nitrogens with one attached hydrogen (secondary N) is 1. The van der Waals surface area contributed by atoms with E-state index in [-0.39, 0.29) is 11.7 Å². The number of carbonyl (C=O) groups is 2. The number of rotatable bonds is 8. The lowest BCUT2D eigenvalue weighted by molar-refractivity contribution is 0.0729. The fourth-order valence-corrected chi connectivity index (χ4v) is 2.88. The van der Waals surface area contributed by atoms with Gasteiger partial charge in [-0.05, 0) is 74.0 Å². The van der Waals surface area contributed by atoms with Crippen LogP contribution in [0.4, 0.5) is 0 Å². The zero-order chi connectivity index (χ0) is 22.9. The van der Waals surface area contributed by atoms with E-state index < -0.39 is 5.97 Å². The molecule has 3 aromatic carbocycles. The topological polar surface area (TPSA) is 86.2 Å². The van der Waals surface area contributed by atoms with E-state index in [4.69, 9.17) is 14.2 Å². The van der Waals surface area contributed by atoms with Crippen molar-refractivity contribution in [1.29, 1.82) is 0 Å². The lowest BCUT2D eigenvalue weighted by Crippen LogP contribution is -2.17. The Morgan fingerprint density at radius 2 is 1.75 bits per heavy atom. The van der Waals surface area contributed by atoms with Crippen molar-refractivity contribution in [2.45, 2.75) is 13.8 Å². The summed E-state index contributed by atoms with van der Waals surface area (Å²) in [6.45, 7) is 4.35. The summed E-state index contributed by atoms with van der Waals surface area (Å²) in [6.07, 6.45) is 1.48. The molecule has 0 aliphatic carbocycles. The maximum absolute atomic E-state index is 12.4. The summed E-state index contributed by atoms with van der Waals surface area (Å²) in [4.78, 5) is 24.6. The van der Waals surface area contributed by atoms with Crippen molar-refractivity contribution in [2.24, 2.45) is 5.10 Å². The average molecular weight is 432 g/mol. The van der Waals surface area contributed by atoms with Gasteiger partial charge in [0.15, 0.2) is 11.5 Å². The van der Waals surface area contributed by atoms with Crippen LogP contribution in [0.1, 0.15) is 38.8 Å². The summed E-state index contributed by atoms with van der Waals surface area (Å²) < 4.78 is 16.2. The Labute approximate surface area is 186 Å². The van der Waals surface area contributed by atoms with Gasteiger partial charge in [0.2, 0.25) is 0 Å². The molecule has 0 saturated heterocycles. The highest BCUT2D eigenvalue weighted by molar-refractivity contribution is 5.95. The van der Waals surface area contributed by atoms with Crippen molar-refractivity contribution in [3.63, 3.8) is 0 Å². The monoisotopic (exact) mass is 432 g/mol. The Bertz CT molecular complexity index is 1120. The van der Waals surface area contributed by atoms with E-state index in [1.54, 1.807) is 54.6 Å². The first-order chi connectivity index (χ1) is 15.5. The van der Waals surface area contributed by atoms with E-state index in [0.29, 0.717) is 34.8 Å². The minimum absolute atomic E-state index is 0.271. The molecule has 164 valence electrons. The zero-order valence-corrected chi connectivity index (χ0v) is 18.1. The van der Waals surface area contributed by atoms with Gasteiger partial charge in [0.05, 0.1) is 25.5 Å². The largest absolute Gasteiger partial charge is 0.494 e. The third-order valence-electron chi connectivity index (χ3n) is 4.45. The highest BCUT2D eigenvalue weighted by Crippen LogP contribution is 2.28. The third-order valence-corrected chi connectivity index (χ3v) is 4.45. The fourth-order valence-electron chi connectivity index (χ4n) is 2.88. The van der Waals surface area contributed by atoms with Crippen LogP contribution in [0.3, 0.4) is 0 Å². The normalized spacial score (nSPS) is 10.6. The van der Waals surface area contributed by atoms with Crippen molar-refractivity contribution in [3.05, 3.63) is 89.0 Å². The van der Waals surface area contributed by atoms with Gasteiger partial charge in [0.25, 0.3) is 5.91 Å². The van der Waals surface area contributed by atoms with Gasteiger partial charge in [-0.3, -0.25) is 4.79 Å². The molecule has 0 aliphatic rings. The van der Waals surface area contributed by atoms with Crippen molar-refractivity contribution in [3.8, 4) is 17.2 Å². The van der Waals surface area contributed by atoms with Crippen LogP contribution in [-0.4, -0.2) is 31.8 Å². The number of carbonyl (C=O) groups excluding carboxylic acids is 2. The maximum atomic E-state index is 12.4. The number of methoxy groups -OCH3 is 1. The smallest absolute Gasteiger partial charge is 0.343 e. The molecule has 0 radical (unpaired) electrons. The molecule has 7 nitrogen and oxygen atoms in total. The van der Waals surface area contributed by atoms with Gasteiger partial charge in [-0.2, -0.15) is 5.10 Å². The van der Waals surface area contributed by atoms with Crippen LogP contribution in [0, 0.1) is 6.92 Å².